The highest BCUT2D eigenvalue weighted by molar-refractivity contribution is 6.33. The fourth-order valence-corrected chi connectivity index (χ4v) is 2.54. The second-order valence-corrected chi connectivity index (χ2v) is 5.63. The van der Waals surface area contributed by atoms with Gasteiger partial charge < -0.3 is 5.32 Å². The zero-order chi connectivity index (χ0) is 15.1. The molecule has 1 aromatic carbocycles. The zero-order valence-corrected chi connectivity index (χ0v) is 13.3. The van der Waals surface area contributed by atoms with Crippen molar-refractivity contribution in [3.63, 3.8) is 0 Å². The molecule has 0 radical (unpaired) electrons. The molecule has 1 saturated heterocycles. The summed E-state index contributed by atoms with van der Waals surface area (Å²) in [6, 6.07) is 7.26. The van der Waals surface area contributed by atoms with Gasteiger partial charge in [0.1, 0.15) is 0 Å². The summed E-state index contributed by atoms with van der Waals surface area (Å²) in [5.74, 6) is -0.0304. The molecule has 0 aromatic heterocycles. The van der Waals surface area contributed by atoms with Gasteiger partial charge in [-0.25, -0.2) is 0 Å². The van der Waals surface area contributed by atoms with Crippen molar-refractivity contribution < 1.29 is 4.79 Å². The molecule has 6 heteroatoms. The van der Waals surface area contributed by atoms with Gasteiger partial charge in [0, 0.05) is 38.3 Å². The number of para-hydroxylation sites is 1. The van der Waals surface area contributed by atoms with E-state index in [1.807, 2.05) is 18.2 Å². The summed E-state index contributed by atoms with van der Waals surface area (Å²) in [4.78, 5) is 16.5. The fraction of sp³-hybridized carbons (Fsp3) is 0.400. The molecule has 114 valence electrons. The molecule has 0 unspecified atom stereocenters. The lowest BCUT2D eigenvalue weighted by Crippen LogP contribution is -2.48. The van der Waals surface area contributed by atoms with Gasteiger partial charge in [-0.1, -0.05) is 41.4 Å². The van der Waals surface area contributed by atoms with Crippen LogP contribution in [-0.2, 0) is 4.79 Å². The molecule has 1 heterocycles. The van der Waals surface area contributed by atoms with Crippen LogP contribution in [0.25, 0.3) is 0 Å². The first-order chi connectivity index (χ1) is 10.2. The van der Waals surface area contributed by atoms with Crippen molar-refractivity contribution in [3.05, 3.63) is 40.9 Å². The minimum Gasteiger partial charge on any atom is -0.324 e. The Bertz CT molecular complexity index is 499. The van der Waals surface area contributed by atoms with Gasteiger partial charge >= 0.3 is 0 Å². The summed E-state index contributed by atoms with van der Waals surface area (Å²) in [7, 11) is 0. The Hall–Kier alpha value is -1.07. The van der Waals surface area contributed by atoms with Crippen LogP contribution in [0.1, 0.15) is 0 Å². The van der Waals surface area contributed by atoms with Crippen LogP contribution < -0.4 is 5.32 Å². The largest absolute Gasteiger partial charge is 0.324 e. The molecule has 0 spiro atoms. The van der Waals surface area contributed by atoms with Gasteiger partial charge in [-0.05, 0) is 12.1 Å². The monoisotopic (exact) mass is 327 g/mol. The number of piperazine rings is 1. The molecular weight excluding hydrogens is 309 g/mol. The van der Waals surface area contributed by atoms with Crippen molar-refractivity contribution in [1.82, 2.24) is 9.80 Å². The topological polar surface area (TPSA) is 35.6 Å². The third kappa shape index (κ3) is 5.32. The molecule has 0 atom stereocenters. The Morgan fingerprint density at radius 1 is 1.19 bits per heavy atom. The maximum atomic E-state index is 12.0. The molecule has 21 heavy (non-hydrogen) atoms. The van der Waals surface area contributed by atoms with Crippen LogP contribution in [0.3, 0.4) is 0 Å². The van der Waals surface area contributed by atoms with Gasteiger partial charge in [-0.15, -0.1) is 0 Å². The summed E-state index contributed by atoms with van der Waals surface area (Å²) in [5.41, 5.74) is 2.21. The lowest BCUT2D eigenvalue weighted by Gasteiger charge is -2.33. The van der Waals surface area contributed by atoms with E-state index >= 15 is 0 Å². The van der Waals surface area contributed by atoms with Gasteiger partial charge in [0.15, 0.2) is 0 Å². The zero-order valence-electron chi connectivity index (χ0n) is 11.8. The minimum absolute atomic E-state index is 0.0304. The number of nitrogens with one attached hydrogen (secondary N) is 1. The molecule has 0 saturated carbocycles. The highest BCUT2D eigenvalue weighted by Gasteiger charge is 2.18. The Morgan fingerprint density at radius 2 is 1.86 bits per heavy atom. The minimum atomic E-state index is -0.0304. The van der Waals surface area contributed by atoms with Gasteiger partial charge in [-0.3, -0.25) is 14.6 Å². The number of amides is 1. The van der Waals surface area contributed by atoms with Crippen LogP contribution >= 0.6 is 23.2 Å². The first kappa shape index (κ1) is 16.3. The average Bonchev–Trinajstić information content (AvgIpc) is 2.49. The van der Waals surface area contributed by atoms with E-state index in [4.69, 9.17) is 23.2 Å². The Morgan fingerprint density at radius 3 is 2.52 bits per heavy atom. The third-order valence-corrected chi connectivity index (χ3v) is 3.94. The van der Waals surface area contributed by atoms with Gasteiger partial charge in [0.05, 0.1) is 17.3 Å². The standard InChI is InChI=1S/C15H19Cl2N3O/c16-6-3-7-19-8-10-20(11-9-19)12-15(21)18-14-5-2-1-4-13(14)17/h1-6H,7-12H2,(H,18,21)/b6-3+. The van der Waals surface area contributed by atoms with Gasteiger partial charge in [0.2, 0.25) is 5.91 Å². The summed E-state index contributed by atoms with van der Waals surface area (Å²) in [6.45, 7) is 4.91. The highest BCUT2D eigenvalue weighted by Crippen LogP contribution is 2.20. The fourth-order valence-electron chi connectivity index (χ4n) is 2.27. The van der Waals surface area contributed by atoms with Gasteiger partial charge in [0.25, 0.3) is 0 Å². The predicted molar refractivity (Wildman–Crippen MR) is 88.0 cm³/mol. The van der Waals surface area contributed by atoms with E-state index in [-0.39, 0.29) is 5.91 Å². The molecule has 2 rings (SSSR count). The first-order valence-corrected chi connectivity index (χ1v) is 7.75. The second kappa shape index (κ2) is 8.39. The normalized spacial score (nSPS) is 17.2. The van der Waals surface area contributed by atoms with Crippen LogP contribution in [0, 0.1) is 0 Å². The molecule has 4 nitrogen and oxygen atoms in total. The summed E-state index contributed by atoms with van der Waals surface area (Å²) < 4.78 is 0. The van der Waals surface area contributed by atoms with E-state index in [1.54, 1.807) is 17.7 Å². The van der Waals surface area contributed by atoms with Gasteiger partial charge in [-0.2, -0.15) is 0 Å². The number of benzene rings is 1. The summed E-state index contributed by atoms with van der Waals surface area (Å²) in [5, 5.41) is 3.41. The van der Waals surface area contributed by atoms with E-state index in [9.17, 15) is 4.79 Å². The number of rotatable bonds is 5. The molecular formula is C15H19Cl2N3O. The number of carbonyl (C=O) groups excluding carboxylic acids is 1. The molecule has 0 aliphatic carbocycles. The van der Waals surface area contributed by atoms with E-state index in [1.165, 1.54) is 0 Å². The Balaban J connectivity index is 1.76. The highest BCUT2D eigenvalue weighted by atomic mass is 35.5. The van der Waals surface area contributed by atoms with Crippen LogP contribution in [-0.4, -0.2) is 55.0 Å². The Kier molecular flexibility index (Phi) is 6.51. The smallest absolute Gasteiger partial charge is 0.238 e. The van der Waals surface area contributed by atoms with Crippen molar-refractivity contribution in [1.29, 1.82) is 0 Å². The quantitative estimate of drug-likeness (QED) is 0.903. The molecule has 1 aromatic rings. The molecule has 1 aliphatic heterocycles. The van der Waals surface area contributed by atoms with Crippen LogP contribution in [0.5, 0.6) is 0 Å². The van der Waals surface area contributed by atoms with E-state index < -0.39 is 0 Å². The lowest BCUT2D eigenvalue weighted by atomic mass is 10.3. The maximum Gasteiger partial charge on any atom is 0.238 e. The number of hydrogen-bond donors (Lipinski definition) is 1. The molecule has 0 bridgehead atoms. The maximum absolute atomic E-state index is 12.0. The number of nitrogens with zero attached hydrogens (tertiary/aromatic N) is 2. The van der Waals surface area contributed by atoms with Crippen molar-refractivity contribution in [2.75, 3.05) is 44.6 Å². The van der Waals surface area contributed by atoms with E-state index in [0.29, 0.717) is 17.3 Å². The van der Waals surface area contributed by atoms with E-state index in [0.717, 1.165) is 32.7 Å². The number of carbonyl (C=O) groups is 1. The number of halogens is 2. The van der Waals surface area contributed by atoms with Crippen molar-refractivity contribution in [2.24, 2.45) is 0 Å². The molecule has 1 fully saturated rings. The SMILES string of the molecule is O=C(CN1CCN(C/C=C/Cl)CC1)Nc1ccccc1Cl. The summed E-state index contributed by atoms with van der Waals surface area (Å²) in [6.07, 6.45) is 1.93. The molecule has 1 N–H and O–H groups in total. The first-order valence-electron chi connectivity index (χ1n) is 6.93. The van der Waals surface area contributed by atoms with Crippen LogP contribution in [0.15, 0.2) is 35.9 Å². The van der Waals surface area contributed by atoms with Crippen molar-refractivity contribution in [3.8, 4) is 0 Å². The lowest BCUT2D eigenvalue weighted by molar-refractivity contribution is -0.117. The Labute approximate surface area is 135 Å². The van der Waals surface area contributed by atoms with Crippen molar-refractivity contribution >= 4 is 34.8 Å². The summed E-state index contributed by atoms with van der Waals surface area (Å²) >= 11 is 11.6. The number of anilines is 1. The second-order valence-electron chi connectivity index (χ2n) is 4.97. The average molecular weight is 328 g/mol. The third-order valence-electron chi connectivity index (χ3n) is 3.43. The number of hydrogen-bond acceptors (Lipinski definition) is 3. The van der Waals surface area contributed by atoms with Crippen molar-refractivity contribution in [2.45, 2.75) is 0 Å². The molecule has 1 aliphatic rings. The predicted octanol–water partition coefficient (Wildman–Crippen LogP) is 2.65. The van der Waals surface area contributed by atoms with E-state index in [2.05, 4.69) is 15.1 Å². The van der Waals surface area contributed by atoms with Crippen LogP contribution in [0.4, 0.5) is 5.69 Å². The van der Waals surface area contributed by atoms with Crippen LogP contribution in [0.2, 0.25) is 5.02 Å². The molecule has 1 amide bonds.